The fourth-order valence-corrected chi connectivity index (χ4v) is 3.26. The van der Waals surface area contributed by atoms with E-state index in [1.165, 1.54) is 6.08 Å². The van der Waals surface area contributed by atoms with Crippen molar-refractivity contribution in [3.05, 3.63) is 47.1 Å². The zero-order chi connectivity index (χ0) is 19.3. The van der Waals surface area contributed by atoms with Crippen LogP contribution >= 0.6 is 0 Å². The zero-order valence-corrected chi connectivity index (χ0v) is 15.2. The Bertz CT molecular complexity index is 670. The van der Waals surface area contributed by atoms with Crippen LogP contribution in [0.4, 0.5) is 0 Å². The van der Waals surface area contributed by atoms with Crippen LogP contribution in [0.2, 0.25) is 0 Å². The number of rotatable bonds is 4. The highest BCUT2D eigenvalue weighted by atomic mass is 16.6. The van der Waals surface area contributed by atoms with Crippen LogP contribution in [0.3, 0.4) is 0 Å². The lowest BCUT2D eigenvalue weighted by molar-refractivity contribution is -0.147. The quantitative estimate of drug-likeness (QED) is 0.451. The third-order valence-electron chi connectivity index (χ3n) is 4.79. The maximum Gasteiger partial charge on any atom is 0.336 e. The minimum absolute atomic E-state index is 0.127. The first-order chi connectivity index (χ1) is 12.4. The van der Waals surface area contributed by atoms with E-state index in [1.54, 1.807) is 13.0 Å². The molecule has 0 aromatic heterocycles. The van der Waals surface area contributed by atoms with Crippen LogP contribution in [-0.2, 0) is 19.1 Å². The van der Waals surface area contributed by atoms with Crippen LogP contribution in [0.5, 0.6) is 0 Å². The summed E-state index contributed by atoms with van der Waals surface area (Å²) in [7, 11) is 0. The van der Waals surface area contributed by atoms with Crippen molar-refractivity contribution in [2.45, 2.75) is 45.3 Å². The Labute approximate surface area is 153 Å². The molecule has 2 aliphatic rings. The second kappa shape index (κ2) is 8.96. The summed E-state index contributed by atoms with van der Waals surface area (Å²) in [5.41, 5.74) is 2.19. The van der Waals surface area contributed by atoms with Crippen molar-refractivity contribution in [1.29, 1.82) is 0 Å². The average molecular weight is 362 g/mol. The minimum Gasteiger partial charge on any atom is -0.458 e. The van der Waals surface area contributed by atoms with E-state index in [9.17, 15) is 19.8 Å². The van der Waals surface area contributed by atoms with E-state index in [0.717, 1.165) is 17.6 Å². The van der Waals surface area contributed by atoms with Gasteiger partial charge in [-0.3, -0.25) is 0 Å². The van der Waals surface area contributed by atoms with E-state index in [4.69, 9.17) is 9.47 Å². The molecule has 6 heteroatoms. The number of hydrogen-bond donors (Lipinski definition) is 2. The number of hydrogen-bond acceptors (Lipinski definition) is 6. The molecule has 1 aliphatic carbocycles. The molecular formula is C20H26O6. The molecule has 1 aliphatic heterocycles. The van der Waals surface area contributed by atoms with Crippen molar-refractivity contribution in [1.82, 2.24) is 0 Å². The number of aliphatic hydroxyl groups is 2. The molecule has 26 heavy (non-hydrogen) atoms. The Balaban J connectivity index is 2.39. The largest absolute Gasteiger partial charge is 0.458 e. The fraction of sp³-hybridized carbons (Fsp3) is 0.500. The number of carbonyl (C=O) groups excluding carboxylic acids is 2. The summed E-state index contributed by atoms with van der Waals surface area (Å²) in [4.78, 5) is 24.4. The third-order valence-corrected chi connectivity index (χ3v) is 4.79. The molecule has 0 amide bonds. The monoisotopic (exact) mass is 362 g/mol. The van der Waals surface area contributed by atoms with E-state index in [0.29, 0.717) is 12.8 Å². The van der Waals surface area contributed by atoms with E-state index in [2.05, 4.69) is 6.58 Å². The Morgan fingerprint density at radius 3 is 2.81 bits per heavy atom. The van der Waals surface area contributed by atoms with Crippen molar-refractivity contribution in [3.63, 3.8) is 0 Å². The number of carbonyl (C=O) groups is 2. The van der Waals surface area contributed by atoms with Gasteiger partial charge in [0, 0.05) is 12.0 Å². The van der Waals surface area contributed by atoms with Gasteiger partial charge in [0.2, 0.25) is 0 Å². The number of esters is 2. The summed E-state index contributed by atoms with van der Waals surface area (Å²) in [6, 6.07) is 0. The van der Waals surface area contributed by atoms with Gasteiger partial charge in [-0.25, -0.2) is 9.59 Å². The molecule has 0 bridgehead atoms. The van der Waals surface area contributed by atoms with Crippen molar-refractivity contribution in [2.75, 3.05) is 13.2 Å². The molecule has 0 spiro atoms. The van der Waals surface area contributed by atoms with Gasteiger partial charge in [0.05, 0.1) is 24.7 Å². The average Bonchev–Trinajstić information content (AvgIpc) is 2.88. The second-order valence-corrected chi connectivity index (χ2v) is 6.61. The number of fused-ring (bicyclic) bond motifs is 1. The molecule has 0 radical (unpaired) electrons. The SMILES string of the molecule is C=C1C(=O)O[C@@H]2/C=C(\CO)CC/C=C(\C)C[C@H](OC(=O)/C(=C/C)CO)[C@@H]12. The topological polar surface area (TPSA) is 93.1 Å². The van der Waals surface area contributed by atoms with Crippen molar-refractivity contribution in [2.24, 2.45) is 5.92 Å². The van der Waals surface area contributed by atoms with Gasteiger partial charge in [0.25, 0.3) is 0 Å². The number of aliphatic hydroxyl groups excluding tert-OH is 2. The van der Waals surface area contributed by atoms with Crippen LogP contribution in [0.15, 0.2) is 47.1 Å². The molecule has 2 rings (SSSR count). The molecule has 0 saturated carbocycles. The Kier molecular flexibility index (Phi) is 6.94. The zero-order valence-electron chi connectivity index (χ0n) is 15.2. The van der Waals surface area contributed by atoms with Crippen molar-refractivity contribution < 1.29 is 29.3 Å². The summed E-state index contributed by atoms with van der Waals surface area (Å²) in [6.45, 7) is 6.85. The molecule has 0 aromatic rings. The first-order valence-corrected chi connectivity index (χ1v) is 8.74. The van der Waals surface area contributed by atoms with Gasteiger partial charge in [-0.15, -0.1) is 0 Å². The van der Waals surface area contributed by atoms with Crippen LogP contribution in [-0.4, -0.2) is 47.6 Å². The predicted octanol–water partition coefficient (Wildman–Crippen LogP) is 1.98. The molecule has 1 heterocycles. The van der Waals surface area contributed by atoms with Crippen molar-refractivity contribution >= 4 is 11.9 Å². The lowest BCUT2D eigenvalue weighted by Gasteiger charge is -2.27. The number of allylic oxidation sites excluding steroid dienone is 2. The van der Waals surface area contributed by atoms with E-state index in [-0.39, 0.29) is 17.8 Å². The molecule has 0 unspecified atom stereocenters. The second-order valence-electron chi connectivity index (χ2n) is 6.61. The fourth-order valence-electron chi connectivity index (χ4n) is 3.26. The predicted molar refractivity (Wildman–Crippen MR) is 96.0 cm³/mol. The molecule has 142 valence electrons. The number of ether oxygens (including phenoxy) is 2. The Morgan fingerprint density at radius 1 is 1.46 bits per heavy atom. The highest BCUT2D eigenvalue weighted by Gasteiger charge is 2.44. The first kappa shape index (κ1) is 20.1. The lowest BCUT2D eigenvalue weighted by atomic mass is 9.85. The lowest BCUT2D eigenvalue weighted by Crippen LogP contribution is -2.34. The smallest absolute Gasteiger partial charge is 0.336 e. The van der Waals surface area contributed by atoms with E-state index < -0.39 is 36.7 Å². The summed E-state index contributed by atoms with van der Waals surface area (Å²) < 4.78 is 11.0. The molecule has 2 N–H and O–H groups in total. The van der Waals surface area contributed by atoms with Gasteiger partial charge in [-0.05, 0) is 38.3 Å². The van der Waals surface area contributed by atoms with Crippen LogP contribution < -0.4 is 0 Å². The maximum absolute atomic E-state index is 12.3. The first-order valence-electron chi connectivity index (χ1n) is 8.74. The highest BCUT2D eigenvalue weighted by molar-refractivity contribution is 5.92. The van der Waals surface area contributed by atoms with Gasteiger partial charge in [0.15, 0.2) is 0 Å². The van der Waals surface area contributed by atoms with Crippen LogP contribution in [0.25, 0.3) is 0 Å². The molecular weight excluding hydrogens is 336 g/mol. The van der Waals surface area contributed by atoms with E-state index in [1.807, 2.05) is 13.0 Å². The Morgan fingerprint density at radius 2 is 2.19 bits per heavy atom. The molecule has 3 atom stereocenters. The highest BCUT2D eigenvalue weighted by Crippen LogP contribution is 2.36. The van der Waals surface area contributed by atoms with Gasteiger partial charge < -0.3 is 19.7 Å². The molecule has 1 fully saturated rings. The minimum atomic E-state index is -0.654. The van der Waals surface area contributed by atoms with Crippen LogP contribution in [0.1, 0.15) is 33.1 Å². The Hall–Kier alpha value is -2.18. The molecule has 0 aromatic carbocycles. The maximum atomic E-state index is 12.3. The normalized spacial score (nSPS) is 31.2. The third kappa shape index (κ3) is 4.51. The summed E-state index contributed by atoms with van der Waals surface area (Å²) >= 11 is 0. The van der Waals surface area contributed by atoms with Gasteiger partial charge in [0.1, 0.15) is 12.2 Å². The molecule has 1 saturated heterocycles. The van der Waals surface area contributed by atoms with Crippen molar-refractivity contribution in [3.8, 4) is 0 Å². The summed E-state index contributed by atoms with van der Waals surface area (Å²) in [6.07, 6.45) is 5.82. The van der Waals surface area contributed by atoms with Gasteiger partial charge >= 0.3 is 11.9 Å². The van der Waals surface area contributed by atoms with Gasteiger partial charge in [-0.2, -0.15) is 0 Å². The van der Waals surface area contributed by atoms with Gasteiger partial charge in [-0.1, -0.05) is 24.3 Å². The van der Waals surface area contributed by atoms with E-state index >= 15 is 0 Å². The molecule has 6 nitrogen and oxygen atoms in total. The van der Waals surface area contributed by atoms with Crippen LogP contribution in [0, 0.1) is 5.92 Å². The summed E-state index contributed by atoms with van der Waals surface area (Å²) in [5.74, 6) is -1.68. The summed E-state index contributed by atoms with van der Waals surface area (Å²) in [5, 5.41) is 18.9. The standard InChI is InChI=1S/C20H26O6/c1-4-15(11-22)20(24)26-16-8-12(2)6-5-7-14(10-21)9-17-18(16)13(3)19(23)25-17/h4,6,9,16-18,21-22H,3,5,7-8,10-11H2,1-2H3/b12-6+,14-9-,15-4+/t16-,17+,18+/m0/s1.